The molecular weight excluding hydrogens is 352 g/mol. The van der Waals surface area contributed by atoms with Crippen molar-refractivity contribution in [3.05, 3.63) is 50.6 Å². The highest BCUT2D eigenvalue weighted by Crippen LogP contribution is 2.21. The number of halogens is 1. The molecule has 110 valence electrons. The summed E-state index contributed by atoms with van der Waals surface area (Å²) in [6.07, 6.45) is 0.347. The molecule has 6 heteroatoms. The van der Waals surface area contributed by atoms with E-state index in [1.54, 1.807) is 23.6 Å². The third-order valence-electron chi connectivity index (χ3n) is 2.78. The van der Waals surface area contributed by atoms with Gasteiger partial charge < -0.3 is 10.6 Å². The summed E-state index contributed by atoms with van der Waals surface area (Å²) in [6, 6.07) is 9.06. The SMILES string of the molecule is CCNC(=O)Cc1ccc(NC(=O)c2csc(Br)c2)cc1. The highest BCUT2D eigenvalue weighted by atomic mass is 79.9. The van der Waals surface area contributed by atoms with Gasteiger partial charge in [0, 0.05) is 17.6 Å². The molecule has 1 heterocycles. The van der Waals surface area contributed by atoms with E-state index in [1.165, 1.54) is 11.3 Å². The summed E-state index contributed by atoms with van der Waals surface area (Å²) in [4.78, 5) is 23.5. The van der Waals surface area contributed by atoms with Gasteiger partial charge in [-0.15, -0.1) is 11.3 Å². The standard InChI is InChI=1S/C15H15BrN2O2S/c1-2-17-14(19)7-10-3-5-12(6-4-10)18-15(20)11-8-13(16)21-9-11/h3-6,8-9H,2,7H2,1H3,(H,17,19)(H,18,20). The van der Waals surface area contributed by atoms with Gasteiger partial charge in [-0.3, -0.25) is 9.59 Å². The largest absolute Gasteiger partial charge is 0.356 e. The number of anilines is 1. The fourth-order valence-corrected chi connectivity index (χ4v) is 2.92. The fourth-order valence-electron chi connectivity index (χ4n) is 1.78. The van der Waals surface area contributed by atoms with E-state index >= 15 is 0 Å². The van der Waals surface area contributed by atoms with Crippen LogP contribution in [-0.2, 0) is 11.2 Å². The monoisotopic (exact) mass is 366 g/mol. The summed E-state index contributed by atoms with van der Waals surface area (Å²) in [7, 11) is 0. The second kappa shape index (κ2) is 7.38. The first-order valence-electron chi connectivity index (χ1n) is 6.49. The molecule has 0 aliphatic rings. The van der Waals surface area contributed by atoms with Crippen molar-refractivity contribution in [2.45, 2.75) is 13.3 Å². The Hall–Kier alpha value is -1.66. The molecule has 1 aromatic carbocycles. The molecule has 0 aliphatic carbocycles. The molecule has 4 nitrogen and oxygen atoms in total. The van der Waals surface area contributed by atoms with Crippen LogP contribution in [0.5, 0.6) is 0 Å². The van der Waals surface area contributed by atoms with Crippen molar-refractivity contribution in [1.29, 1.82) is 0 Å². The molecule has 1 aromatic heterocycles. The van der Waals surface area contributed by atoms with Crippen LogP contribution in [0.1, 0.15) is 22.8 Å². The predicted molar refractivity (Wildman–Crippen MR) is 88.8 cm³/mol. The molecule has 0 fully saturated rings. The van der Waals surface area contributed by atoms with E-state index in [0.29, 0.717) is 24.2 Å². The lowest BCUT2D eigenvalue weighted by Gasteiger charge is -2.06. The number of hydrogen-bond acceptors (Lipinski definition) is 3. The van der Waals surface area contributed by atoms with Crippen LogP contribution in [0.15, 0.2) is 39.5 Å². The Balaban J connectivity index is 1.96. The summed E-state index contributed by atoms with van der Waals surface area (Å²) in [5.74, 6) is -0.147. The number of benzene rings is 1. The van der Waals surface area contributed by atoms with Gasteiger partial charge >= 0.3 is 0 Å². The van der Waals surface area contributed by atoms with Crippen molar-refractivity contribution in [2.75, 3.05) is 11.9 Å². The Morgan fingerprint density at radius 3 is 2.52 bits per heavy atom. The van der Waals surface area contributed by atoms with E-state index < -0.39 is 0 Å². The molecule has 0 bridgehead atoms. The molecule has 0 spiro atoms. The van der Waals surface area contributed by atoms with Crippen LogP contribution in [0.25, 0.3) is 0 Å². The number of thiophene rings is 1. The van der Waals surface area contributed by atoms with Crippen molar-refractivity contribution in [2.24, 2.45) is 0 Å². The van der Waals surface area contributed by atoms with Crippen LogP contribution in [0, 0.1) is 0 Å². The molecule has 2 aromatic rings. The number of carbonyl (C=O) groups excluding carboxylic acids is 2. The maximum atomic E-state index is 12.0. The minimum absolute atomic E-state index is 0.00240. The van der Waals surface area contributed by atoms with Crippen molar-refractivity contribution in [3.8, 4) is 0 Å². The van der Waals surface area contributed by atoms with Crippen LogP contribution in [0.4, 0.5) is 5.69 Å². The number of likely N-dealkylation sites (N-methyl/N-ethyl adjacent to an activating group) is 1. The van der Waals surface area contributed by atoms with E-state index in [-0.39, 0.29) is 11.8 Å². The van der Waals surface area contributed by atoms with E-state index in [4.69, 9.17) is 0 Å². The van der Waals surface area contributed by atoms with Crippen molar-refractivity contribution in [1.82, 2.24) is 5.32 Å². The molecule has 0 atom stereocenters. The number of amides is 2. The van der Waals surface area contributed by atoms with Gasteiger partial charge in [0.05, 0.1) is 15.8 Å². The maximum absolute atomic E-state index is 12.0. The van der Waals surface area contributed by atoms with Crippen molar-refractivity contribution >= 4 is 44.8 Å². The average molecular weight is 367 g/mol. The molecule has 0 unspecified atom stereocenters. The van der Waals surface area contributed by atoms with E-state index in [2.05, 4.69) is 26.6 Å². The highest BCUT2D eigenvalue weighted by Gasteiger charge is 2.08. The van der Waals surface area contributed by atoms with Gasteiger partial charge in [-0.05, 0) is 46.6 Å². The number of rotatable bonds is 5. The summed E-state index contributed by atoms with van der Waals surface area (Å²) in [5, 5.41) is 7.37. The molecular formula is C15H15BrN2O2S. The lowest BCUT2D eigenvalue weighted by molar-refractivity contribution is -0.120. The third kappa shape index (κ3) is 4.68. The van der Waals surface area contributed by atoms with E-state index in [9.17, 15) is 9.59 Å². The molecule has 2 N–H and O–H groups in total. The maximum Gasteiger partial charge on any atom is 0.256 e. The zero-order valence-electron chi connectivity index (χ0n) is 11.5. The van der Waals surface area contributed by atoms with Crippen molar-refractivity contribution in [3.63, 3.8) is 0 Å². The van der Waals surface area contributed by atoms with Gasteiger partial charge in [-0.25, -0.2) is 0 Å². The van der Waals surface area contributed by atoms with Crippen LogP contribution in [0.3, 0.4) is 0 Å². The Kier molecular flexibility index (Phi) is 5.52. The summed E-state index contributed by atoms with van der Waals surface area (Å²) in [6.45, 7) is 2.52. The Morgan fingerprint density at radius 2 is 1.95 bits per heavy atom. The zero-order valence-corrected chi connectivity index (χ0v) is 13.9. The smallest absolute Gasteiger partial charge is 0.256 e. The van der Waals surface area contributed by atoms with Gasteiger partial charge in [0.2, 0.25) is 5.91 Å². The molecule has 2 amide bonds. The molecule has 21 heavy (non-hydrogen) atoms. The van der Waals surface area contributed by atoms with Gasteiger partial charge in [0.1, 0.15) is 0 Å². The minimum Gasteiger partial charge on any atom is -0.356 e. The molecule has 2 rings (SSSR count). The Labute approximate surface area is 135 Å². The van der Waals surface area contributed by atoms with E-state index in [1.807, 2.05) is 19.1 Å². The number of hydrogen-bond donors (Lipinski definition) is 2. The normalized spacial score (nSPS) is 10.2. The summed E-state index contributed by atoms with van der Waals surface area (Å²) in [5.41, 5.74) is 2.25. The third-order valence-corrected chi connectivity index (χ3v) is 4.28. The zero-order chi connectivity index (χ0) is 15.2. The Morgan fingerprint density at radius 1 is 1.24 bits per heavy atom. The van der Waals surface area contributed by atoms with Crippen LogP contribution in [0.2, 0.25) is 0 Å². The summed E-state index contributed by atoms with van der Waals surface area (Å²) < 4.78 is 0.921. The van der Waals surface area contributed by atoms with Gasteiger partial charge in [0.15, 0.2) is 0 Å². The minimum atomic E-state index is -0.145. The predicted octanol–water partition coefficient (Wildman–Crippen LogP) is 3.44. The highest BCUT2D eigenvalue weighted by molar-refractivity contribution is 9.11. The molecule has 0 saturated carbocycles. The lowest BCUT2D eigenvalue weighted by atomic mass is 10.1. The van der Waals surface area contributed by atoms with E-state index in [0.717, 1.165) is 9.35 Å². The Bertz CT molecular complexity index is 637. The quantitative estimate of drug-likeness (QED) is 0.851. The topological polar surface area (TPSA) is 58.2 Å². The first kappa shape index (κ1) is 15.7. The summed E-state index contributed by atoms with van der Waals surface area (Å²) >= 11 is 4.80. The van der Waals surface area contributed by atoms with Crippen LogP contribution >= 0.6 is 27.3 Å². The second-order valence-electron chi connectivity index (χ2n) is 4.42. The van der Waals surface area contributed by atoms with Crippen molar-refractivity contribution < 1.29 is 9.59 Å². The average Bonchev–Trinajstić information content (AvgIpc) is 2.88. The van der Waals surface area contributed by atoms with Gasteiger partial charge in [-0.2, -0.15) is 0 Å². The number of nitrogens with one attached hydrogen (secondary N) is 2. The molecule has 0 saturated heterocycles. The first-order chi connectivity index (χ1) is 10.1. The fraction of sp³-hybridized carbons (Fsp3) is 0.200. The molecule has 0 aliphatic heterocycles. The lowest BCUT2D eigenvalue weighted by Crippen LogP contribution is -2.24. The van der Waals surface area contributed by atoms with Gasteiger partial charge in [-0.1, -0.05) is 12.1 Å². The molecule has 0 radical (unpaired) electrons. The van der Waals surface area contributed by atoms with Gasteiger partial charge in [0.25, 0.3) is 5.91 Å². The first-order valence-corrected chi connectivity index (χ1v) is 8.16. The van der Waals surface area contributed by atoms with Crippen LogP contribution < -0.4 is 10.6 Å². The second-order valence-corrected chi connectivity index (χ2v) is 6.71. The number of carbonyl (C=O) groups is 2. The van der Waals surface area contributed by atoms with Crippen LogP contribution in [-0.4, -0.2) is 18.4 Å².